The van der Waals surface area contributed by atoms with Crippen LogP contribution in [0.15, 0.2) is 24.3 Å². The zero-order chi connectivity index (χ0) is 39.1. The molecule has 0 radical (unpaired) electrons. The lowest BCUT2D eigenvalue weighted by atomic mass is 10.0. The Bertz CT molecular complexity index is 1370. The zero-order valence-electron chi connectivity index (χ0n) is 30.7. The van der Waals surface area contributed by atoms with Gasteiger partial charge < -0.3 is 57.7 Å². The third-order valence-electron chi connectivity index (χ3n) is 9.87. The fourth-order valence-electron chi connectivity index (χ4n) is 6.74. The number of carbonyl (C=O) groups is 6. The quantitative estimate of drug-likeness (QED) is 0.0478. The lowest BCUT2D eigenvalue weighted by molar-refractivity contribution is -0.144. The van der Waals surface area contributed by atoms with Gasteiger partial charge in [-0.1, -0.05) is 12.1 Å². The minimum absolute atomic E-state index is 0.0746. The summed E-state index contributed by atoms with van der Waals surface area (Å²) in [6.07, 6.45) is 2.08. The average molecular weight is 747 g/mol. The lowest BCUT2D eigenvalue weighted by Gasteiger charge is -2.31. The highest BCUT2D eigenvalue weighted by atomic mass is 16.3. The molecule has 0 spiro atoms. The molecule has 296 valence electrons. The third kappa shape index (κ3) is 13.0. The van der Waals surface area contributed by atoms with E-state index in [0.717, 1.165) is 5.56 Å². The first kappa shape index (κ1) is 43.2. The van der Waals surface area contributed by atoms with Gasteiger partial charge in [0, 0.05) is 32.1 Å². The molecule has 1 aromatic rings. The molecule has 0 aromatic heterocycles. The van der Waals surface area contributed by atoms with E-state index >= 15 is 0 Å². The molecule has 11 N–H and O–H groups in total. The summed E-state index contributed by atoms with van der Waals surface area (Å²) in [7, 11) is 1.76. The molecule has 2 saturated heterocycles. The molecule has 3 rings (SSSR count). The number of benzene rings is 1. The van der Waals surface area contributed by atoms with Gasteiger partial charge in [0.2, 0.25) is 29.5 Å². The number of likely N-dealkylation sites (tertiary alicyclic amines) is 2. The lowest BCUT2D eigenvalue weighted by Crippen LogP contribution is -2.60. The maximum Gasteiger partial charge on any atom is 0.248 e. The molecule has 0 aliphatic carbocycles. The highest BCUT2D eigenvalue weighted by Gasteiger charge is 2.41. The van der Waals surface area contributed by atoms with Crippen LogP contribution >= 0.6 is 0 Å². The van der Waals surface area contributed by atoms with Crippen molar-refractivity contribution in [3.8, 4) is 5.75 Å². The van der Waals surface area contributed by atoms with Crippen LogP contribution in [0.3, 0.4) is 0 Å². The zero-order valence-corrected chi connectivity index (χ0v) is 30.7. The predicted molar refractivity (Wildman–Crippen MR) is 195 cm³/mol. The normalized spacial score (nSPS) is 21.5. The molecule has 5 amide bonds. The number of nitrogens with one attached hydrogen (secondary N) is 4. The number of aryl methyl sites for hydroxylation is 1. The maximum absolute atomic E-state index is 13.8. The number of rotatable bonds is 21. The number of nitrogens with zero attached hydrogens (tertiary/aromatic N) is 2. The number of aliphatic hydroxyl groups excluding tert-OH is 2. The number of carbonyl (C=O) groups excluding carboxylic acids is 6. The van der Waals surface area contributed by atoms with Crippen LogP contribution in [0.4, 0.5) is 0 Å². The van der Waals surface area contributed by atoms with E-state index in [1.807, 2.05) is 0 Å². The van der Waals surface area contributed by atoms with Gasteiger partial charge in [0.1, 0.15) is 36.2 Å². The van der Waals surface area contributed by atoms with E-state index in [1.165, 1.54) is 24.0 Å². The van der Waals surface area contributed by atoms with Crippen molar-refractivity contribution in [3.05, 3.63) is 29.8 Å². The number of nitrogens with two attached hydrogens (primary N) is 2. The summed E-state index contributed by atoms with van der Waals surface area (Å²) in [5.41, 5.74) is 12.5. The number of aromatic hydroxyl groups is 1. The van der Waals surface area contributed by atoms with E-state index in [4.69, 9.17) is 11.5 Å². The molecule has 0 saturated carbocycles. The molecule has 0 bridgehead atoms. The summed E-state index contributed by atoms with van der Waals surface area (Å²) in [5, 5.41) is 41.2. The molecule has 2 fully saturated rings. The number of aliphatic hydroxyl groups is 2. The van der Waals surface area contributed by atoms with Crippen molar-refractivity contribution < 1.29 is 44.1 Å². The Hall–Kier alpha value is -4.16. The van der Waals surface area contributed by atoms with Crippen LogP contribution < -0.4 is 32.7 Å². The Morgan fingerprint density at radius 2 is 1.68 bits per heavy atom. The summed E-state index contributed by atoms with van der Waals surface area (Å²) in [6, 6.07) is 0.864. The van der Waals surface area contributed by atoms with Crippen LogP contribution in [0, 0.1) is 0 Å². The number of hydrogen-bond acceptors (Lipinski definition) is 12. The SMILES string of the molecule is C[C@@H](O)C(NC(=O)[C@@H](N)CCCNC(=O)C1[C@@H](O)CCN1C)C(=O)N1CCCC1C(=O)NC(CCc1ccc(O)cc1)C(=O)NC(CC=O)CCCN. The van der Waals surface area contributed by atoms with Crippen molar-refractivity contribution in [1.29, 1.82) is 0 Å². The minimum Gasteiger partial charge on any atom is -0.508 e. The second-order valence-electron chi connectivity index (χ2n) is 14.0. The van der Waals surface area contributed by atoms with Crippen molar-refractivity contribution >= 4 is 35.8 Å². The first-order valence-electron chi connectivity index (χ1n) is 18.5. The number of amides is 5. The van der Waals surface area contributed by atoms with Crippen molar-refractivity contribution in [3.63, 3.8) is 0 Å². The summed E-state index contributed by atoms with van der Waals surface area (Å²) in [6.45, 7) is 2.73. The third-order valence-corrected chi connectivity index (χ3v) is 9.87. The second-order valence-corrected chi connectivity index (χ2v) is 14.0. The van der Waals surface area contributed by atoms with E-state index in [1.54, 1.807) is 24.1 Å². The van der Waals surface area contributed by atoms with Crippen molar-refractivity contribution in [2.24, 2.45) is 11.5 Å². The van der Waals surface area contributed by atoms with Gasteiger partial charge in [-0.3, -0.25) is 28.9 Å². The molecule has 2 aliphatic rings. The Balaban J connectivity index is 1.62. The molecule has 1 aromatic carbocycles. The Kier molecular flexibility index (Phi) is 17.6. The minimum atomic E-state index is -1.40. The van der Waals surface area contributed by atoms with Crippen LogP contribution in [-0.4, -0.2) is 143 Å². The van der Waals surface area contributed by atoms with E-state index < -0.39 is 72.1 Å². The van der Waals surface area contributed by atoms with E-state index in [9.17, 15) is 44.1 Å². The molecule has 8 atom stereocenters. The smallest absolute Gasteiger partial charge is 0.248 e. The fourth-order valence-corrected chi connectivity index (χ4v) is 6.74. The summed E-state index contributed by atoms with van der Waals surface area (Å²) in [5.74, 6) is -2.67. The largest absolute Gasteiger partial charge is 0.508 e. The van der Waals surface area contributed by atoms with Gasteiger partial charge in [0.25, 0.3) is 0 Å². The number of aldehydes is 1. The Morgan fingerprint density at radius 1 is 0.962 bits per heavy atom. The standard InChI is InChI=1S/C36H58N8O9/c1-22(46)30(42-32(49)26(38)7-4-18-39-35(52)31-29(48)15-20-43(31)2)36(53)44-19-5-8-28(44)34(51)41-27(14-11-23-9-12-25(47)13-10-23)33(50)40-24(16-21-45)6-3-17-37/h9-10,12-13,21-22,24,26-31,46-48H,3-8,11,14-20,37-38H2,1-2H3,(H,39,52)(H,40,50)(H,41,51)(H,42,49)/t22-,24?,26+,27?,28?,29+,30?,31?/m1/s1. The van der Waals surface area contributed by atoms with Crippen LogP contribution in [0.25, 0.3) is 0 Å². The molecule has 17 heteroatoms. The van der Waals surface area contributed by atoms with Crippen LogP contribution in [0.2, 0.25) is 0 Å². The van der Waals surface area contributed by atoms with Gasteiger partial charge in [-0.05, 0) is 96.0 Å². The number of phenols is 1. The average Bonchev–Trinajstić information content (AvgIpc) is 3.75. The van der Waals surface area contributed by atoms with Crippen molar-refractivity contribution in [2.45, 2.75) is 120 Å². The molecule has 5 unspecified atom stereocenters. The van der Waals surface area contributed by atoms with Crippen LogP contribution in [0.5, 0.6) is 5.75 Å². The first-order chi connectivity index (χ1) is 25.3. The second kappa shape index (κ2) is 21.5. The van der Waals surface area contributed by atoms with Gasteiger partial charge >= 0.3 is 0 Å². The molecular formula is C36H58N8O9. The highest BCUT2D eigenvalue weighted by Crippen LogP contribution is 2.21. The first-order valence-corrected chi connectivity index (χ1v) is 18.5. The van der Waals surface area contributed by atoms with E-state index in [0.29, 0.717) is 57.9 Å². The Morgan fingerprint density at radius 3 is 2.30 bits per heavy atom. The van der Waals surface area contributed by atoms with Crippen molar-refractivity contribution in [1.82, 2.24) is 31.1 Å². The van der Waals surface area contributed by atoms with Gasteiger partial charge in [-0.2, -0.15) is 0 Å². The summed E-state index contributed by atoms with van der Waals surface area (Å²) in [4.78, 5) is 80.9. The predicted octanol–water partition coefficient (Wildman–Crippen LogP) is -2.23. The molecule has 2 heterocycles. The fraction of sp³-hybridized carbons (Fsp3) is 0.667. The topological polar surface area (TPSA) is 270 Å². The Labute approximate surface area is 310 Å². The molecular weight excluding hydrogens is 688 g/mol. The number of phenolic OH excluding ortho intramolecular Hbond substituents is 1. The molecule has 17 nitrogen and oxygen atoms in total. The number of likely N-dealkylation sites (N-methyl/N-ethyl adjacent to an activating group) is 1. The maximum atomic E-state index is 13.8. The van der Waals surface area contributed by atoms with E-state index in [-0.39, 0.29) is 50.4 Å². The molecule has 53 heavy (non-hydrogen) atoms. The summed E-state index contributed by atoms with van der Waals surface area (Å²) < 4.78 is 0. The van der Waals surface area contributed by atoms with Crippen LogP contribution in [-0.2, 0) is 35.2 Å². The molecule has 2 aliphatic heterocycles. The van der Waals surface area contributed by atoms with Crippen molar-refractivity contribution in [2.75, 3.05) is 33.2 Å². The summed E-state index contributed by atoms with van der Waals surface area (Å²) >= 11 is 0. The number of hydrogen-bond donors (Lipinski definition) is 9. The van der Waals surface area contributed by atoms with Gasteiger partial charge in [-0.25, -0.2) is 0 Å². The monoisotopic (exact) mass is 746 g/mol. The van der Waals surface area contributed by atoms with E-state index in [2.05, 4.69) is 21.3 Å². The van der Waals surface area contributed by atoms with Gasteiger partial charge in [0.05, 0.1) is 18.2 Å². The van der Waals surface area contributed by atoms with Gasteiger partial charge in [-0.15, -0.1) is 0 Å². The highest BCUT2D eigenvalue weighted by molar-refractivity contribution is 5.95. The van der Waals surface area contributed by atoms with Crippen LogP contribution in [0.1, 0.15) is 70.3 Å². The van der Waals surface area contributed by atoms with Gasteiger partial charge in [0.15, 0.2) is 0 Å².